The summed E-state index contributed by atoms with van der Waals surface area (Å²) in [6, 6.07) is 12.5. The number of unbranched alkanes of at least 4 members (excludes halogenated alkanes) is 2. The molecular formula is C28H43N3O4S. The minimum Gasteiger partial charge on any atom is -0.454 e. The zero-order valence-corrected chi connectivity index (χ0v) is 23.6. The zero-order valence-electron chi connectivity index (χ0n) is 22.8. The molecule has 0 spiro atoms. The Bertz CT molecular complexity index is 1060. The van der Waals surface area contributed by atoms with Crippen LogP contribution in [0.15, 0.2) is 47.4 Å². The predicted octanol–water partition coefficient (Wildman–Crippen LogP) is 5.31. The molecule has 0 bridgehead atoms. The van der Waals surface area contributed by atoms with Crippen LogP contribution in [0.2, 0.25) is 0 Å². The van der Waals surface area contributed by atoms with Crippen LogP contribution in [-0.4, -0.2) is 77.7 Å². The molecule has 0 unspecified atom stereocenters. The summed E-state index contributed by atoms with van der Waals surface area (Å²) < 4.78 is 32.3. The van der Waals surface area contributed by atoms with E-state index in [0.29, 0.717) is 23.5 Å². The van der Waals surface area contributed by atoms with Crippen LogP contribution in [0, 0.1) is 0 Å². The molecule has 0 atom stereocenters. The van der Waals surface area contributed by atoms with Crippen LogP contribution in [0.1, 0.15) is 56.3 Å². The fraction of sp³-hybridized carbons (Fsp3) is 0.536. The van der Waals surface area contributed by atoms with E-state index in [1.165, 1.54) is 12.3 Å². The first-order chi connectivity index (χ1) is 17.1. The highest BCUT2D eigenvalue weighted by Gasteiger charge is 2.26. The highest BCUT2D eigenvalue weighted by atomic mass is 32.2. The quantitative estimate of drug-likeness (QED) is 0.319. The van der Waals surface area contributed by atoms with Crippen molar-refractivity contribution >= 4 is 21.4 Å². The number of rotatable bonds is 15. The maximum absolute atomic E-state index is 13.4. The van der Waals surface area contributed by atoms with Crippen LogP contribution in [0.4, 0.5) is 5.69 Å². The molecule has 8 heteroatoms. The number of hydrogen-bond acceptors (Lipinski definition) is 6. The van der Waals surface area contributed by atoms with Crippen molar-refractivity contribution in [1.82, 2.24) is 9.80 Å². The minimum atomic E-state index is -3.69. The lowest BCUT2D eigenvalue weighted by molar-refractivity contribution is 0.0790. The maximum atomic E-state index is 13.4. The van der Waals surface area contributed by atoms with Crippen molar-refractivity contribution in [3.8, 4) is 11.5 Å². The second kappa shape index (κ2) is 14.2. The number of anilines is 1. The van der Waals surface area contributed by atoms with Gasteiger partial charge < -0.3 is 19.4 Å². The number of carbonyl (C=O) groups is 1. The lowest BCUT2D eigenvalue weighted by Crippen LogP contribution is -2.31. The van der Waals surface area contributed by atoms with Crippen LogP contribution in [0.3, 0.4) is 0 Å². The number of amides is 1. The molecule has 7 nitrogen and oxygen atoms in total. The number of nitrogens with zero attached hydrogens (tertiary/aromatic N) is 3. The van der Waals surface area contributed by atoms with Crippen LogP contribution in [0.5, 0.6) is 11.5 Å². The molecule has 0 N–H and O–H groups in total. The van der Waals surface area contributed by atoms with Crippen molar-refractivity contribution in [2.45, 2.75) is 50.8 Å². The Hall–Kier alpha value is -2.58. The summed E-state index contributed by atoms with van der Waals surface area (Å²) >= 11 is 0. The highest BCUT2D eigenvalue weighted by Crippen LogP contribution is 2.40. The summed E-state index contributed by atoms with van der Waals surface area (Å²) in [6.45, 7) is 7.21. The zero-order chi connectivity index (χ0) is 26.7. The van der Waals surface area contributed by atoms with E-state index < -0.39 is 9.84 Å². The fourth-order valence-electron chi connectivity index (χ4n) is 3.93. The lowest BCUT2D eigenvalue weighted by atomic mass is 10.1. The van der Waals surface area contributed by atoms with Crippen LogP contribution in [0.25, 0.3) is 0 Å². The minimum absolute atomic E-state index is 0.0342. The van der Waals surface area contributed by atoms with Gasteiger partial charge in [0.15, 0.2) is 15.6 Å². The van der Waals surface area contributed by atoms with Crippen LogP contribution >= 0.6 is 0 Å². The summed E-state index contributed by atoms with van der Waals surface area (Å²) in [5.41, 5.74) is 1.00. The van der Waals surface area contributed by atoms with E-state index in [1.54, 1.807) is 24.1 Å². The van der Waals surface area contributed by atoms with Crippen molar-refractivity contribution in [3.05, 3.63) is 48.0 Å². The van der Waals surface area contributed by atoms with Crippen LogP contribution < -0.4 is 9.64 Å². The van der Waals surface area contributed by atoms with Gasteiger partial charge in [0.05, 0.1) is 5.69 Å². The third-order valence-corrected chi connectivity index (χ3v) is 7.10. The molecule has 0 heterocycles. The largest absolute Gasteiger partial charge is 0.454 e. The van der Waals surface area contributed by atoms with Gasteiger partial charge in [0, 0.05) is 38.5 Å². The first-order valence-corrected chi connectivity index (χ1v) is 14.7. The first kappa shape index (κ1) is 29.6. The van der Waals surface area contributed by atoms with Crippen LogP contribution in [-0.2, 0) is 9.84 Å². The van der Waals surface area contributed by atoms with E-state index in [2.05, 4.69) is 23.6 Å². The van der Waals surface area contributed by atoms with Crippen molar-refractivity contribution in [1.29, 1.82) is 0 Å². The number of para-hydroxylation sites is 1. The Morgan fingerprint density at radius 2 is 1.47 bits per heavy atom. The molecule has 0 saturated carbocycles. The van der Waals surface area contributed by atoms with E-state index in [1.807, 2.05) is 38.4 Å². The number of carbonyl (C=O) groups excluding carboxylic acids is 1. The molecule has 0 radical (unpaired) electrons. The van der Waals surface area contributed by atoms with E-state index in [9.17, 15) is 13.2 Å². The molecule has 0 aliphatic rings. The number of hydrogen-bond donors (Lipinski definition) is 0. The maximum Gasteiger partial charge on any atom is 0.253 e. The van der Waals surface area contributed by atoms with Gasteiger partial charge in [-0.2, -0.15) is 0 Å². The van der Waals surface area contributed by atoms with Gasteiger partial charge in [-0.05, 0) is 64.2 Å². The standard InChI is InChI=1S/C28H43N3O4S/c1-7-9-19-31(20-10-8-2)25-21-23(28(32)30(5)18-14-17-29(3)4)22-26(36(6,33)34)27(25)35-24-15-12-11-13-16-24/h11-13,15-16,21-22H,7-10,14,17-20H2,1-6H3. The highest BCUT2D eigenvalue weighted by molar-refractivity contribution is 7.90. The molecule has 0 aliphatic heterocycles. The van der Waals surface area contributed by atoms with E-state index in [0.717, 1.165) is 51.7 Å². The second-order valence-corrected chi connectivity index (χ2v) is 11.6. The summed E-state index contributed by atoms with van der Waals surface area (Å²) in [6.07, 6.45) is 5.90. The molecule has 36 heavy (non-hydrogen) atoms. The summed E-state index contributed by atoms with van der Waals surface area (Å²) in [5.74, 6) is 0.634. The third kappa shape index (κ3) is 8.82. The SMILES string of the molecule is CCCCN(CCCC)c1cc(C(=O)N(C)CCCN(C)C)cc(S(C)(=O)=O)c1Oc1ccccc1. The monoisotopic (exact) mass is 517 g/mol. The Morgan fingerprint density at radius 1 is 0.861 bits per heavy atom. The topological polar surface area (TPSA) is 70.2 Å². The average molecular weight is 518 g/mol. The molecule has 0 aliphatic carbocycles. The Kier molecular flexibility index (Phi) is 11.7. The smallest absolute Gasteiger partial charge is 0.253 e. The third-order valence-electron chi connectivity index (χ3n) is 5.99. The normalized spacial score (nSPS) is 11.5. The Labute approximate surface area is 218 Å². The molecule has 2 rings (SSSR count). The van der Waals surface area contributed by atoms with Crippen molar-refractivity contribution in [3.63, 3.8) is 0 Å². The van der Waals surface area contributed by atoms with Gasteiger partial charge in [0.25, 0.3) is 5.91 Å². The van der Waals surface area contributed by atoms with Crippen molar-refractivity contribution in [2.75, 3.05) is 58.5 Å². The van der Waals surface area contributed by atoms with E-state index in [-0.39, 0.29) is 16.6 Å². The van der Waals surface area contributed by atoms with Gasteiger partial charge in [0.2, 0.25) is 0 Å². The van der Waals surface area contributed by atoms with Gasteiger partial charge in [-0.3, -0.25) is 4.79 Å². The van der Waals surface area contributed by atoms with Crippen molar-refractivity contribution in [2.24, 2.45) is 0 Å². The molecular weight excluding hydrogens is 474 g/mol. The summed E-state index contributed by atoms with van der Waals surface area (Å²) in [5, 5.41) is 0. The fourth-order valence-corrected chi connectivity index (χ4v) is 4.75. The molecule has 0 saturated heterocycles. The average Bonchev–Trinajstić information content (AvgIpc) is 2.83. The molecule has 0 fully saturated rings. The molecule has 1 amide bonds. The Morgan fingerprint density at radius 3 is 2.00 bits per heavy atom. The molecule has 2 aromatic carbocycles. The molecule has 0 aromatic heterocycles. The second-order valence-electron chi connectivity index (χ2n) is 9.59. The van der Waals surface area contributed by atoms with E-state index >= 15 is 0 Å². The van der Waals surface area contributed by atoms with E-state index in [4.69, 9.17) is 4.74 Å². The van der Waals surface area contributed by atoms with Gasteiger partial charge in [-0.1, -0.05) is 44.9 Å². The predicted molar refractivity (Wildman–Crippen MR) is 148 cm³/mol. The van der Waals surface area contributed by atoms with Gasteiger partial charge in [-0.15, -0.1) is 0 Å². The lowest BCUT2D eigenvalue weighted by Gasteiger charge is -2.29. The summed E-state index contributed by atoms with van der Waals surface area (Å²) in [4.78, 5) is 19.4. The van der Waals surface area contributed by atoms with Gasteiger partial charge in [0.1, 0.15) is 10.6 Å². The van der Waals surface area contributed by atoms with Gasteiger partial charge >= 0.3 is 0 Å². The van der Waals surface area contributed by atoms with Gasteiger partial charge in [-0.25, -0.2) is 8.42 Å². The number of sulfone groups is 1. The van der Waals surface area contributed by atoms with Crippen molar-refractivity contribution < 1.29 is 17.9 Å². The molecule has 2 aromatic rings. The number of ether oxygens (including phenoxy) is 1. The number of benzene rings is 2. The molecule has 200 valence electrons. The summed E-state index contributed by atoms with van der Waals surface area (Å²) in [7, 11) is 2.07. The Balaban J connectivity index is 2.64. The first-order valence-electron chi connectivity index (χ1n) is 12.8.